The van der Waals surface area contributed by atoms with E-state index in [4.69, 9.17) is 39.5 Å². The molecular weight excluding hydrogens is 335 g/mol. The van der Waals surface area contributed by atoms with Gasteiger partial charge >= 0.3 is 0 Å². The second-order valence-electron chi connectivity index (χ2n) is 4.02. The number of ether oxygens (including phenoxy) is 1. The highest BCUT2D eigenvalue weighted by atomic mass is 35.5. The maximum atomic E-state index is 6.13. The van der Waals surface area contributed by atoms with E-state index in [1.165, 1.54) is 4.90 Å². The summed E-state index contributed by atoms with van der Waals surface area (Å²) in [6.07, 6.45) is 0. The van der Waals surface area contributed by atoms with E-state index in [2.05, 4.69) is 12.1 Å². The summed E-state index contributed by atoms with van der Waals surface area (Å²) < 4.78 is 5.74. The summed E-state index contributed by atoms with van der Waals surface area (Å²) in [6.45, 7) is 0.560. The molecule has 2 aromatic carbocycles. The lowest BCUT2D eigenvalue weighted by atomic mass is 10.2. The molecule has 0 spiro atoms. The minimum absolute atomic E-state index is 0.321. The van der Waals surface area contributed by atoms with Gasteiger partial charge in [0.05, 0.1) is 17.5 Å². The van der Waals surface area contributed by atoms with Crippen LogP contribution in [0.5, 0.6) is 5.75 Å². The van der Waals surface area contributed by atoms with Crippen LogP contribution in [0.4, 0.5) is 0 Å². The molecule has 0 saturated heterocycles. The van der Waals surface area contributed by atoms with Crippen LogP contribution in [0.2, 0.25) is 10.0 Å². The fourth-order valence-corrected chi connectivity index (χ4v) is 3.24. The van der Waals surface area contributed by atoms with E-state index in [9.17, 15) is 0 Å². The van der Waals surface area contributed by atoms with Gasteiger partial charge in [0, 0.05) is 21.2 Å². The molecule has 2 aromatic rings. The average Bonchev–Trinajstić information content (AvgIpc) is 2.45. The van der Waals surface area contributed by atoms with E-state index in [0.29, 0.717) is 28.3 Å². The van der Waals surface area contributed by atoms with E-state index in [0.717, 1.165) is 11.3 Å². The summed E-state index contributed by atoms with van der Waals surface area (Å²) in [7, 11) is 0. The second kappa shape index (κ2) is 8.04. The summed E-state index contributed by atoms with van der Waals surface area (Å²) in [6, 6.07) is 13.6. The number of hydrogen-bond donors (Lipinski definition) is 0. The molecule has 0 amide bonds. The third kappa shape index (κ3) is 4.49. The maximum absolute atomic E-state index is 6.13. The molecule has 0 aromatic heterocycles. The molecule has 5 heteroatoms. The molecule has 0 heterocycles. The lowest BCUT2D eigenvalue weighted by molar-refractivity contribution is 0.341. The molecule has 0 bridgehead atoms. The van der Waals surface area contributed by atoms with Gasteiger partial charge in [0.15, 0.2) is 0 Å². The van der Waals surface area contributed by atoms with Gasteiger partial charge in [-0.3, -0.25) is 0 Å². The van der Waals surface area contributed by atoms with Crippen molar-refractivity contribution < 1.29 is 4.74 Å². The summed E-state index contributed by atoms with van der Waals surface area (Å²) >= 11 is 19.7. The first-order valence-electron chi connectivity index (χ1n) is 6.05. The van der Waals surface area contributed by atoms with Crippen LogP contribution in [0.3, 0.4) is 0 Å². The molecular formula is C15H13Cl3OS. The Kier molecular flexibility index (Phi) is 6.37. The Morgan fingerprint density at radius 1 is 1.05 bits per heavy atom. The van der Waals surface area contributed by atoms with Gasteiger partial charge in [-0.05, 0) is 24.3 Å². The quantitative estimate of drug-likeness (QED) is 0.365. The van der Waals surface area contributed by atoms with Crippen molar-refractivity contribution in [2.24, 2.45) is 0 Å². The first-order chi connectivity index (χ1) is 9.70. The fraction of sp³-hybridized carbons (Fsp3) is 0.200. The van der Waals surface area contributed by atoms with Crippen molar-refractivity contribution in [2.45, 2.75) is 10.8 Å². The smallest absolute Gasteiger partial charge is 0.142 e. The summed E-state index contributed by atoms with van der Waals surface area (Å²) in [4.78, 5) is 1.22. The molecule has 20 heavy (non-hydrogen) atoms. The normalized spacial score (nSPS) is 10.6. The Bertz CT molecular complexity index is 561. The third-order valence-electron chi connectivity index (χ3n) is 2.57. The summed E-state index contributed by atoms with van der Waals surface area (Å²) in [5.41, 5.74) is 0.814. The summed E-state index contributed by atoms with van der Waals surface area (Å²) in [5.74, 6) is 1.78. The van der Waals surface area contributed by atoms with Gasteiger partial charge in [0.1, 0.15) is 5.75 Å². The van der Waals surface area contributed by atoms with Crippen molar-refractivity contribution in [3.63, 3.8) is 0 Å². The van der Waals surface area contributed by atoms with Crippen molar-refractivity contribution in [3.8, 4) is 5.75 Å². The van der Waals surface area contributed by atoms with Crippen molar-refractivity contribution in [1.29, 1.82) is 0 Å². The van der Waals surface area contributed by atoms with Crippen molar-refractivity contribution in [3.05, 3.63) is 58.1 Å². The highest BCUT2D eigenvalue weighted by Crippen LogP contribution is 2.33. The van der Waals surface area contributed by atoms with E-state index >= 15 is 0 Å². The molecule has 0 fully saturated rings. The Morgan fingerprint density at radius 3 is 2.50 bits per heavy atom. The van der Waals surface area contributed by atoms with Gasteiger partial charge in [-0.15, -0.1) is 23.4 Å². The van der Waals surface area contributed by atoms with E-state index < -0.39 is 0 Å². The Balaban J connectivity index is 1.91. The zero-order valence-electron chi connectivity index (χ0n) is 10.6. The molecule has 0 atom stereocenters. The van der Waals surface area contributed by atoms with Crippen LogP contribution in [-0.2, 0) is 5.88 Å². The van der Waals surface area contributed by atoms with E-state index in [1.807, 2.05) is 18.2 Å². The average molecular weight is 348 g/mol. The molecule has 0 N–H and O–H groups in total. The van der Waals surface area contributed by atoms with Crippen LogP contribution in [0, 0.1) is 0 Å². The van der Waals surface area contributed by atoms with Crippen LogP contribution in [0.25, 0.3) is 0 Å². The standard InChI is InChI=1S/C15H13Cl3OS/c16-10-11-8-12(17)9-14(18)15(11)19-6-7-20-13-4-2-1-3-5-13/h1-5,8-9H,6-7,10H2. The highest BCUT2D eigenvalue weighted by molar-refractivity contribution is 7.99. The number of rotatable bonds is 6. The van der Waals surface area contributed by atoms with E-state index in [-0.39, 0.29) is 0 Å². The fourth-order valence-electron chi connectivity index (χ4n) is 1.69. The van der Waals surface area contributed by atoms with Crippen LogP contribution in [0.1, 0.15) is 5.56 Å². The molecule has 0 unspecified atom stereocenters. The van der Waals surface area contributed by atoms with Gasteiger partial charge in [-0.25, -0.2) is 0 Å². The number of hydrogen-bond acceptors (Lipinski definition) is 2. The van der Waals surface area contributed by atoms with Gasteiger partial charge in [-0.2, -0.15) is 0 Å². The first kappa shape index (κ1) is 15.8. The third-order valence-corrected chi connectivity index (χ3v) is 4.33. The Morgan fingerprint density at radius 2 is 1.80 bits per heavy atom. The van der Waals surface area contributed by atoms with Crippen LogP contribution >= 0.6 is 46.6 Å². The highest BCUT2D eigenvalue weighted by Gasteiger charge is 2.10. The first-order valence-corrected chi connectivity index (χ1v) is 8.33. The lowest BCUT2D eigenvalue weighted by Crippen LogP contribution is -2.02. The predicted molar refractivity (Wildman–Crippen MR) is 88.7 cm³/mol. The summed E-state index contributed by atoms with van der Waals surface area (Å²) in [5, 5.41) is 1.06. The van der Waals surface area contributed by atoms with Crippen molar-refractivity contribution >= 4 is 46.6 Å². The molecule has 0 aliphatic rings. The minimum atomic E-state index is 0.321. The lowest BCUT2D eigenvalue weighted by Gasteiger charge is -2.12. The Labute approximate surface area is 138 Å². The molecule has 0 aliphatic heterocycles. The van der Waals surface area contributed by atoms with Gasteiger partial charge in [0.2, 0.25) is 0 Å². The number of alkyl halides is 1. The molecule has 0 saturated carbocycles. The predicted octanol–water partition coefficient (Wildman–Crippen LogP) is 5.90. The zero-order chi connectivity index (χ0) is 14.4. The molecule has 106 valence electrons. The van der Waals surface area contributed by atoms with Gasteiger partial charge in [0.25, 0.3) is 0 Å². The van der Waals surface area contributed by atoms with Crippen molar-refractivity contribution in [2.75, 3.05) is 12.4 Å². The zero-order valence-corrected chi connectivity index (χ0v) is 13.7. The van der Waals surface area contributed by atoms with Gasteiger partial charge < -0.3 is 4.74 Å². The van der Waals surface area contributed by atoms with E-state index in [1.54, 1.807) is 23.9 Å². The molecule has 2 rings (SSSR count). The minimum Gasteiger partial charge on any atom is -0.491 e. The molecule has 0 aliphatic carbocycles. The molecule has 0 radical (unpaired) electrons. The maximum Gasteiger partial charge on any atom is 0.142 e. The monoisotopic (exact) mass is 346 g/mol. The number of halogens is 3. The van der Waals surface area contributed by atoms with Crippen LogP contribution < -0.4 is 4.74 Å². The Hall–Kier alpha value is -0.540. The van der Waals surface area contributed by atoms with Crippen molar-refractivity contribution in [1.82, 2.24) is 0 Å². The van der Waals surface area contributed by atoms with Gasteiger partial charge in [-0.1, -0.05) is 41.4 Å². The van der Waals surface area contributed by atoms with Crippen LogP contribution in [-0.4, -0.2) is 12.4 Å². The number of thioether (sulfide) groups is 1. The second-order valence-corrected chi connectivity index (χ2v) is 6.30. The molecule has 1 nitrogen and oxygen atoms in total. The van der Waals surface area contributed by atoms with Crippen LogP contribution in [0.15, 0.2) is 47.4 Å². The largest absolute Gasteiger partial charge is 0.491 e. The topological polar surface area (TPSA) is 9.23 Å². The number of benzene rings is 2. The SMILES string of the molecule is ClCc1cc(Cl)cc(Cl)c1OCCSc1ccccc1.